The molecule has 1 aliphatic heterocycles. The molecule has 1 atom stereocenters. The highest BCUT2D eigenvalue weighted by molar-refractivity contribution is 7.89. The summed E-state index contributed by atoms with van der Waals surface area (Å²) in [5.41, 5.74) is 0.422. The van der Waals surface area contributed by atoms with Crippen molar-refractivity contribution in [2.45, 2.75) is 10.9 Å². The van der Waals surface area contributed by atoms with Gasteiger partial charge in [0.2, 0.25) is 10.0 Å². The minimum atomic E-state index is -4.49. The summed E-state index contributed by atoms with van der Waals surface area (Å²) >= 11 is 0. The molecule has 1 heterocycles. The van der Waals surface area contributed by atoms with Gasteiger partial charge in [0.1, 0.15) is 16.5 Å². The van der Waals surface area contributed by atoms with Crippen LogP contribution in [0, 0.1) is 11.6 Å². The quantitative estimate of drug-likeness (QED) is 0.806. The Hall–Kier alpha value is -2.85. The lowest BCUT2D eigenvalue weighted by atomic mass is 10.1. The van der Waals surface area contributed by atoms with Crippen LogP contribution in [0.2, 0.25) is 0 Å². The molecule has 1 saturated heterocycles. The molecule has 2 aromatic carbocycles. The molecular weight excluding hydrogens is 382 g/mol. The Morgan fingerprint density at radius 3 is 2.44 bits per heavy atom. The average molecular weight is 396 g/mol. The van der Waals surface area contributed by atoms with Crippen molar-refractivity contribution in [2.24, 2.45) is 0 Å². The first kappa shape index (κ1) is 18.9. The highest BCUT2D eigenvalue weighted by Gasteiger charge is 2.35. The van der Waals surface area contributed by atoms with Gasteiger partial charge in [0.05, 0.1) is 12.6 Å². The van der Waals surface area contributed by atoms with Gasteiger partial charge in [0, 0.05) is 0 Å². The number of rotatable bonds is 6. The van der Waals surface area contributed by atoms with Gasteiger partial charge in [-0.1, -0.05) is 30.3 Å². The van der Waals surface area contributed by atoms with Crippen molar-refractivity contribution in [1.82, 2.24) is 9.62 Å². The largest absolute Gasteiger partial charge is 0.439 e. The number of hydrogen-bond acceptors (Lipinski definition) is 5. The third-order valence-electron chi connectivity index (χ3n) is 3.89. The SMILES string of the molecule is O=C1COC(=O)N1CC(NS(=O)(=O)c1cc(F)ccc1F)c1ccccc1. The van der Waals surface area contributed by atoms with Gasteiger partial charge in [-0.3, -0.25) is 4.79 Å². The summed E-state index contributed by atoms with van der Waals surface area (Å²) in [5, 5.41) is 0. The molecule has 0 saturated carbocycles. The van der Waals surface area contributed by atoms with Gasteiger partial charge in [-0.15, -0.1) is 0 Å². The van der Waals surface area contributed by atoms with E-state index in [1.54, 1.807) is 30.3 Å². The molecule has 0 bridgehead atoms. The molecule has 1 fully saturated rings. The normalized spacial score (nSPS) is 15.7. The monoisotopic (exact) mass is 396 g/mol. The molecule has 0 radical (unpaired) electrons. The smallest absolute Gasteiger partial charge is 0.417 e. The van der Waals surface area contributed by atoms with E-state index in [4.69, 9.17) is 0 Å². The molecule has 1 N–H and O–H groups in total. The third-order valence-corrected chi connectivity index (χ3v) is 5.37. The number of cyclic esters (lactones) is 1. The molecule has 0 spiro atoms. The summed E-state index contributed by atoms with van der Waals surface area (Å²) in [4.78, 5) is 23.3. The van der Waals surface area contributed by atoms with E-state index in [2.05, 4.69) is 9.46 Å². The van der Waals surface area contributed by atoms with Gasteiger partial charge in [-0.2, -0.15) is 0 Å². The Kier molecular flexibility index (Phi) is 5.19. The predicted octanol–water partition coefficient (Wildman–Crippen LogP) is 1.96. The summed E-state index contributed by atoms with van der Waals surface area (Å²) < 4.78 is 59.3. The molecule has 7 nitrogen and oxygen atoms in total. The predicted molar refractivity (Wildman–Crippen MR) is 88.9 cm³/mol. The van der Waals surface area contributed by atoms with Crippen LogP contribution in [0.3, 0.4) is 0 Å². The number of nitrogens with one attached hydrogen (secondary N) is 1. The van der Waals surface area contributed by atoms with Crippen LogP contribution in [0.15, 0.2) is 53.4 Å². The van der Waals surface area contributed by atoms with E-state index < -0.39 is 51.2 Å². The number of halogens is 2. The molecule has 2 aromatic rings. The number of ether oxygens (including phenoxy) is 1. The zero-order valence-electron chi connectivity index (χ0n) is 13.8. The molecular formula is C17H14F2N2O5S. The molecule has 142 valence electrons. The summed E-state index contributed by atoms with van der Waals surface area (Å²) in [6, 6.07) is 9.04. The van der Waals surface area contributed by atoms with E-state index in [0.717, 1.165) is 11.0 Å². The minimum Gasteiger partial charge on any atom is -0.439 e. The first-order valence-corrected chi connectivity index (χ1v) is 9.26. The van der Waals surface area contributed by atoms with Crippen LogP contribution in [0.4, 0.5) is 13.6 Å². The van der Waals surface area contributed by atoms with Crippen LogP contribution in [-0.4, -0.2) is 38.5 Å². The van der Waals surface area contributed by atoms with Crippen molar-refractivity contribution < 1.29 is 31.5 Å². The maximum atomic E-state index is 13.9. The van der Waals surface area contributed by atoms with E-state index in [0.29, 0.717) is 17.7 Å². The molecule has 10 heteroatoms. The van der Waals surface area contributed by atoms with Gasteiger partial charge in [-0.25, -0.2) is 31.6 Å². The van der Waals surface area contributed by atoms with E-state index in [-0.39, 0.29) is 6.54 Å². The summed E-state index contributed by atoms with van der Waals surface area (Å²) in [6.45, 7) is -0.802. The topological polar surface area (TPSA) is 92.8 Å². The first-order chi connectivity index (χ1) is 12.8. The fourth-order valence-electron chi connectivity index (χ4n) is 2.57. The van der Waals surface area contributed by atoms with Gasteiger partial charge >= 0.3 is 6.09 Å². The fourth-order valence-corrected chi connectivity index (χ4v) is 3.87. The van der Waals surface area contributed by atoms with Crippen LogP contribution in [0.5, 0.6) is 0 Å². The van der Waals surface area contributed by atoms with Gasteiger partial charge in [0.15, 0.2) is 6.61 Å². The first-order valence-electron chi connectivity index (χ1n) is 7.77. The van der Waals surface area contributed by atoms with Crippen molar-refractivity contribution in [1.29, 1.82) is 0 Å². The van der Waals surface area contributed by atoms with Crippen molar-refractivity contribution in [3.05, 3.63) is 65.7 Å². The number of carbonyl (C=O) groups excluding carboxylic acids is 2. The number of nitrogens with zero attached hydrogens (tertiary/aromatic N) is 1. The molecule has 0 aromatic heterocycles. The minimum absolute atomic E-state index is 0.363. The van der Waals surface area contributed by atoms with Crippen molar-refractivity contribution in [2.75, 3.05) is 13.2 Å². The van der Waals surface area contributed by atoms with Gasteiger partial charge < -0.3 is 4.74 Å². The molecule has 1 unspecified atom stereocenters. The number of benzene rings is 2. The Morgan fingerprint density at radius 1 is 1.11 bits per heavy atom. The lowest BCUT2D eigenvalue weighted by Gasteiger charge is -2.22. The summed E-state index contributed by atoms with van der Waals surface area (Å²) in [6.07, 6.45) is -0.905. The zero-order chi connectivity index (χ0) is 19.6. The number of carbonyl (C=O) groups is 2. The average Bonchev–Trinajstić information content (AvgIpc) is 2.95. The standard InChI is InChI=1S/C17H14F2N2O5S/c18-12-6-7-13(19)15(8-12)27(24,25)20-14(11-4-2-1-3-5-11)9-21-16(22)10-26-17(21)23/h1-8,14,20H,9-10H2. The van der Waals surface area contributed by atoms with E-state index >= 15 is 0 Å². The van der Waals surface area contributed by atoms with Crippen molar-refractivity contribution >= 4 is 22.0 Å². The van der Waals surface area contributed by atoms with Gasteiger partial charge in [0.25, 0.3) is 5.91 Å². The van der Waals surface area contributed by atoms with E-state index in [9.17, 15) is 26.8 Å². The molecule has 0 aliphatic carbocycles. The van der Waals surface area contributed by atoms with Crippen LogP contribution in [0.25, 0.3) is 0 Å². The molecule has 2 amide bonds. The summed E-state index contributed by atoms with van der Waals surface area (Å²) in [7, 11) is -4.49. The fraction of sp³-hybridized carbons (Fsp3) is 0.176. The molecule has 27 heavy (non-hydrogen) atoms. The second kappa shape index (κ2) is 7.41. The second-order valence-electron chi connectivity index (χ2n) is 5.72. The van der Waals surface area contributed by atoms with Crippen molar-refractivity contribution in [3.63, 3.8) is 0 Å². The number of imide groups is 1. The zero-order valence-corrected chi connectivity index (χ0v) is 14.6. The lowest BCUT2D eigenvalue weighted by molar-refractivity contribution is -0.126. The van der Waals surface area contributed by atoms with Crippen molar-refractivity contribution in [3.8, 4) is 0 Å². The highest BCUT2D eigenvalue weighted by atomic mass is 32.2. The van der Waals surface area contributed by atoms with E-state index in [1.165, 1.54) is 0 Å². The summed E-state index contributed by atoms with van der Waals surface area (Å²) in [5.74, 6) is -2.68. The van der Waals surface area contributed by atoms with Gasteiger partial charge in [-0.05, 0) is 23.8 Å². The van der Waals surface area contributed by atoms with E-state index in [1.807, 2.05) is 0 Å². The Bertz CT molecular complexity index is 966. The second-order valence-corrected chi connectivity index (χ2v) is 7.40. The Morgan fingerprint density at radius 2 is 1.81 bits per heavy atom. The number of hydrogen-bond donors (Lipinski definition) is 1. The maximum absolute atomic E-state index is 13.9. The molecule has 3 rings (SSSR count). The Balaban J connectivity index is 1.95. The number of amides is 2. The van der Waals surface area contributed by atoms with Crippen LogP contribution < -0.4 is 4.72 Å². The maximum Gasteiger partial charge on any atom is 0.417 e. The third kappa shape index (κ3) is 4.12. The Labute approximate surface area is 153 Å². The number of sulfonamides is 1. The van der Waals surface area contributed by atoms with Crippen LogP contribution in [0.1, 0.15) is 11.6 Å². The van der Waals surface area contributed by atoms with Crippen LogP contribution in [-0.2, 0) is 19.6 Å². The lowest BCUT2D eigenvalue weighted by Crippen LogP contribution is -2.40. The van der Waals surface area contributed by atoms with Crippen LogP contribution >= 0.6 is 0 Å². The highest BCUT2D eigenvalue weighted by Crippen LogP contribution is 2.22. The molecule has 1 aliphatic rings.